The summed E-state index contributed by atoms with van der Waals surface area (Å²) in [7, 11) is 0. The molecule has 0 atom stereocenters. The Morgan fingerprint density at radius 1 is 1.00 bits per heavy atom. The molecule has 25 heavy (non-hydrogen) atoms. The Morgan fingerprint density at radius 2 is 1.80 bits per heavy atom. The van der Waals surface area contributed by atoms with Gasteiger partial charge < -0.3 is 9.47 Å². The Kier molecular flexibility index (Phi) is 4.97. The Hall–Kier alpha value is -1.56. The molecule has 0 saturated carbocycles. The number of aromatic nitrogens is 1. The largest absolute Gasteiger partial charge is 0.486 e. The van der Waals surface area contributed by atoms with Crippen molar-refractivity contribution >= 4 is 46.0 Å². The highest BCUT2D eigenvalue weighted by Crippen LogP contribution is 2.36. The predicted molar refractivity (Wildman–Crippen MR) is 106 cm³/mol. The molecule has 0 fully saturated rings. The van der Waals surface area contributed by atoms with Gasteiger partial charge in [-0.05, 0) is 42.7 Å². The number of ether oxygens (including phenoxy) is 2. The van der Waals surface area contributed by atoms with Crippen LogP contribution < -0.4 is 9.47 Å². The fraction of sp³-hybridized carbons (Fsp3) is 0.211. The molecule has 0 unspecified atom stereocenters. The fourth-order valence-corrected chi connectivity index (χ4v) is 4.29. The zero-order chi connectivity index (χ0) is 17.2. The summed E-state index contributed by atoms with van der Waals surface area (Å²) < 4.78 is 11.2. The second-order valence-corrected chi connectivity index (χ2v) is 7.88. The van der Waals surface area contributed by atoms with Gasteiger partial charge in [-0.15, -0.1) is 23.5 Å². The van der Waals surface area contributed by atoms with E-state index in [0.29, 0.717) is 18.4 Å². The summed E-state index contributed by atoms with van der Waals surface area (Å²) in [4.78, 5) is 6.87. The second kappa shape index (κ2) is 7.36. The Labute approximate surface area is 160 Å². The molecule has 0 saturated heterocycles. The lowest BCUT2D eigenvalue weighted by Gasteiger charge is -2.18. The number of rotatable bonds is 4. The first-order valence-electron chi connectivity index (χ1n) is 7.88. The number of thioether (sulfide) groups is 2. The summed E-state index contributed by atoms with van der Waals surface area (Å²) in [6.07, 6.45) is 2.06. The van der Waals surface area contributed by atoms with E-state index in [9.17, 15) is 0 Å². The van der Waals surface area contributed by atoms with Gasteiger partial charge in [0, 0.05) is 26.5 Å². The lowest BCUT2D eigenvalue weighted by Crippen LogP contribution is -2.15. The summed E-state index contributed by atoms with van der Waals surface area (Å²) >= 11 is 9.82. The molecule has 0 radical (unpaired) electrons. The van der Waals surface area contributed by atoms with Crippen LogP contribution in [0.3, 0.4) is 0 Å². The summed E-state index contributed by atoms with van der Waals surface area (Å²) in [6.45, 7) is 1.20. The van der Waals surface area contributed by atoms with Crippen LogP contribution in [0.1, 0.15) is 5.56 Å². The van der Waals surface area contributed by atoms with Gasteiger partial charge in [0.2, 0.25) is 0 Å². The maximum absolute atomic E-state index is 6.40. The molecule has 3 aromatic rings. The normalized spacial score (nSPS) is 13.2. The molecule has 1 aromatic heterocycles. The van der Waals surface area contributed by atoms with Crippen LogP contribution in [-0.4, -0.2) is 24.5 Å². The molecule has 0 spiro atoms. The minimum Gasteiger partial charge on any atom is -0.486 e. The van der Waals surface area contributed by atoms with Crippen molar-refractivity contribution in [1.82, 2.24) is 4.98 Å². The molecular formula is C19H16ClNO2S2. The average molecular weight is 390 g/mol. The number of nitrogens with zero attached hydrogens (tertiary/aromatic N) is 1. The highest BCUT2D eigenvalue weighted by Gasteiger charge is 2.13. The molecule has 4 rings (SSSR count). The van der Waals surface area contributed by atoms with Crippen LogP contribution in [0.25, 0.3) is 10.9 Å². The van der Waals surface area contributed by atoms with Crippen molar-refractivity contribution in [2.75, 3.05) is 19.5 Å². The molecule has 3 nitrogen and oxygen atoms in total. The van der Waals surface area contributed by atoms with Gasteiger partial charge in [0.1, 0.15) is 18.4 Å². The zero-order valence-electron chi connectivity index (χ0n) is 13.6. The third-order valence-corrected chi connectivity index (χ3v) is 6.05. The van der Waals surface area contributed by atoms with Gasteiger partial charge in [-0.2, -0.15) is 0 Å². The molecule has 1 aliphatic heterocycles. The molecule has 0 N–H and O–H groups in total. The van der Waals surface area contributed by atoms with E-state index in [1.807, 2.05) is 18.2 Å². The van der Waals surface area contributed by atoms with E-state index in [0.717, 1.165) is 38.6 Å². The van der Waals surface area contributed by atoms with Crippen LogP contribution in [0.5, 0.6) is 11.5 Å². The number of fused-ring (bicyclic) bond motifs is 2. The SMILES string of the molecule is CSc1ccc2cc(CSc3ccc4c(c3)OCCO4)c(Cl)nc2c1. The first kappa shape index (κ1) is 16.9. The summed E-state index contributed by atoms with van der Waals surface area (Å²) in [5, 5.41) is 1.68. The molecule has 0 amide bonds. The number of halogens is 1. The van der Waals surface area contributed by atoms with E-state index < -0.39 is 0 Å². The molecule has 2 aromatic carbocycles. The van der Waals surface area contributed by atoms with Gasteiger partial charge in [-0.3, -0.25) is 0 Å². The van der Waals surface area contributed by atoms with Crippen LogP contribution in [-0.2, 0) is 5.75 Å². The maximum atomic E-state index is 6.40. The van der Waals surface area contributed by atoms with E-state index in [2.05, 4.69) is 35.5 Å². The Balaban J connectivity index is 1.55. The summed E-state index contributed by atoms with van der Waals surface area (Å²) in [6, 6.07) is 14.4. The Bertz CT molecular complexity index is 933. The van der Waals surface area contributed by atoms with Gasteiger partial charge in [-0.25, -0.2) is 4.98 Å². The Morgan fingerprint density at radius 3 is 2.64 bits per heavy atom. The monoisotopic (exact) mass is 389 g/mol. The first-order chi connectivity index (χ1) is 12.2. The average Bonchev–Trinajstić information content (AvgIpc) is 2.65. The highest BCUT2D eigenvalue weighted by molar-refractivity contribution is 7.98. The fourth-order valence-electron chi connectivity index (χ4n) is 2.67. The van der Waals surface area contributed by atoms with Crippen LogP contribution in [0.2, 0.25) is 5.15 Å². The molecule has 0 aliphatic carbocycles. The summed E-state index contributed by atoms with van der Waals surface area (Å²) in [5.74, 6) is 2.38. The maximum Gasteiger partial charge on any atom is 0.162 e. The minimum absolute atomic E-state index is 0.566. The third-order valence-electron chi connectivity index (χ3n) is 3.96. The molecule has 0 bridgehead atoms. The number of benzene rings is 2. The smallest absolute Gasteiger partial charge is 0.162 e. The van der Waals surface area contributed by atoms with E-state index in [-0.39, 0.29) is 0 Å². The van der Waals surface area contributed by atoms with Gasteiger partial charge in [0.25, 0.3) is 0 Å². The van der Waals surface area contributed by atoms with Crippen molar-refractivity contribution in [1.29, 1.82) is 0 Å². The van der Waals surface area contributed by atoms with Crippen molar-refractivity contribution in [2.24, 2.45) is 0 Å². The lowest BCUT2D eigenvalue weighted by atomic mass is 10.2. The van der Waals surface area contributed by atoms with Crippen molar-refractivity contribution < 1.29 is 9.47 Å². The summed E-state index contributed by atoms with van der Waals surface area (Å²) in [5.41, 5.74) is 1.97. The first-order valence-corrected chi connectivity index (χ1v) is 10.5. The van der Waals surface area contributed by atoms with E-state index in [4.69, 9.17) is 21.1 Å². The molecule has 1 aliphatic rings. The van der Waals surface area contributed by atoms with Crippen LogP contribution in [0.4, 0.5) is 0 Å². The molecular weight excluding hydrogens is 374 g/mol. The van der Waals surface area contributed by atoms with Crippen molar-refractivity contribution in [3.05, 3.63) is 53.2 Å². The highest BCUT2D eigenvalue weighted by atomic mass is 35.5. The van der Waals surface area contributed by atoms with Crippen molar-refractivity contribution in [3.63, 3.8) is 0 Å². The van der Waals surface area contributed by atoms with Crippen LogP contribution >= 0.6 is 35.1 Å². The molecule has 6 heteroatoms. The number of pyridine rings is 1. The van der Waals surface area contributed by atoms with Gasteiger partial charge in [0.15, 0.2) is 11.5 Å². The van der Waals surface area contributed by atoms with Crippen molar-refractivity contribution in [2.45, 2.75) is 15.5 Å². The topological polar surface area (TPSA) is 31.4 Å². The quantitative estimate of drug-likeness (QED) is 0.423. The van der Waals surface area contributed by atoms with Crippen LogP contribution in [0, 0.1) is 0 Å². The van der Waals surface area contributed by atoms with Gasteiger partial charge in [-0.1, -0.05) is 17.7 Å². The van der Waals surface area contributed by atoms with Gasteiger partial charge in [0.05, 0.1) is 5.52 Å². The number of hydrogen-bond donors (Lipinski definition) is 0. The van der Waals surface area contributed by atoms with E-state index >= 15 is 0 Å². The zero-order valence-corrected chi connectivity index (χ0v) is 16.0. The van der Waals surface area contributed by atoms with E-state index in [1.165, 1.54) is 4.90 Å². The standard InChI is InChI=1S/C19H16ClNO2S2/c1-24-14-3-2-12-8-13(19(20)21-16(12)9-14)11-25-15-4-5-17-18(10-15)23-7-6-22-17/h2-5,8-10H,6-7,11H2,1H3. The lowest BCUT2D eigenvalue weighted by molar-refractivity contribution is 0.171. The van der Waals surface area contributed by atoms with E-state index in [1.54, 1.807) is 23.5 Å². The van der Waals surface area contributed by atoms with Gasteiger partial charge >= 0.3 is 0 Å². The van der Waals surface area contributed by atoms with Crippen molar-refractivity contribution in [3.8, 4) is 11.5 Å². The number of hydrogen-bond acceptors (Lipinski definition) is 5. The second-order valence-electron chi connectivity index (χ2n) is 5.59. The molecule has 128 valence electrons. The predicted octanol–water partition coefficient (Wildman–Crippen LogP) is 5.67. The van der Waals surface area contributed by atoms with Crippen LogP contribution in [0.15, 0.2) is 52.3 Å². The third kappa shape index (κ3) is 3.68. The minimum atomic E-state index is 0.566. The molecule has 2 heterocycles.